The van der Waals surface area contributed by atoms with Crippen LogP contribution >= 0.6 is 0 Å². The third-order valence-corrected chi connectivity index (χ3v) is 3.73. The van der Waals surface area contributed by atoms with Crippen molar-refractivity contribution in [3.8, 4) is 0 Å². The molecule has 1 N–H and O–H groups in total. The van der Waals surface area contributed by atoms with Gasteiger partial charge in [0.2, 0.25) is 11.8 Å². The Morgan fingerprint density at radius 1 is 1.50 bits per heavy atom. The molecule has 2 amide bonds. The molecule has 1 rings (SSSR count). The third kappa shape index (κ3) is 4.07. The second-order valence-electron chi connectivity index (χ2n) is 5.59. The molecular formula is C15H26N2O3. The SMILES string of the molecule is C=C(C)COCCN1C(=O)C(C(C)CC)NC(=O)C1C. The van der Waals surface area contributed by atoms with Crippen LogP contribution in [0, 0.1) is 5.92 Å². The number of hydrogen-bond donors (Lipinski definition) is 1. The zero-order chi connectivity index (χ0) is 15.3. The maximum absolute atomic E-state index is 12.4. The van der Waals surface area contributed by atoms with E-state index in [9.17, 15) is 9.59 Å². The summed E-state index contributed by atoms with van der Waals surface area (Å²) in [6.07, 6.45) is 0.852. The van der Waals surface area contributed by atoms with Gasteiger partial charge in [-0.1, -0.05) is 32.4 Å². The third-order valence-electron chi connectivity index (χ3n) is 3.73. The van der Waals surface area contributed by atoms with Crippen LogP contribution in [0.5, 0.6) is 0 Å². The van der Waals surface area contributed by atoms with E-state index in [0.29, 0.717) is 19.8 Å². The van der Waals surface area contributed by atoms with Crippen LogP contribution in [0.3, 0.4) is 0 Å². The molecule has 0 saturated carbocycles. The smallest absolute Gasteiger partial charge is 0.246 e. The fourth-order valence-electron chi connectivity index (χ4n) is 2.18. The molecule has 1 aliphatic rings. The maximum atomic E-state index is 12.4. The first-order valence-electron chi connectivity index (χ1n) is 7.21. The summed E-state index contributed by atoms with van der Waals surface area (Å²) in [7, 11) is 0. The number of rotatable bonds is 7. The van der Waals surface area contributed by atoms with Crippen molar-refractivity contribution in [1.82, 2.24) is 10.2 Å². The Morgan fingerprint density at radius 2 is 2.15 bits per heavy atom. The zero-order valence-electron chi connectivity index (χ0n) is 12.9. The average molecular weight is 282 g/mol. The quantitative estimate of drug-likeness (QED) is 0.566. The number of hydrogen-bond acceptors (Lipinski definition) is 3. The number of amides is 2. The summed E-state index contributed by atoms with van der Waals surface area (Å²) >= 11 is 0. The topological polar surface area (TPSA) is 58.6 Å². The highest BCUT2D eigenvalue weighted by Gasteiger charge is 2.39. The van der Waals surface area contributed by atoms with Gasteiger partial charge in [-0.3, -0.25) is 9.59 Å². The molecule has 5 heteroatoms. The molecule has 20 heavy (non-hydrogen) atoms. The van der Waals surface area contributed by atoms with E-state index >= 15 is 0 Å². The van der Waals surface area contributed by atoms with E-state index in [0.717, 1.165) is 12.0 Å². The Hall–Kier alpha value is -1.36. The highest BCUT2D eigenvalue weighted by molar-refractivity contribution is 5.96. The first-order chi connectivity index (χ1) is 9.38. The van der Waals surface area contributed by atoms with Crippen LogP contribution in [-0.2, 0) is 14.3 Å². The van der Waals surface area contributed by atoms with E-state index in [1.165, 1.54) is 0 Å². The molecule has 3 unspecified atom stereocenters. The van der Waals surface area contributed by atoms with E-state index in [2.05, 4.69) is 11.9 Å². The molecule has 3 atom stereocenters. The molecule has 1 saturated heterocycles. The Balaban J connectivity index is 2.63. The second kappa shape index (κ2) is 7.43. The predicted octanol–water partition coefficient (Wildman–Crippen LogP) is 1.34. The van der Waals surface area contributed by atoms with Crippen LogP contribution in [0.2, 0.25) is 0 Å². The molecule has 1 fully saturated rings. The number of nitrogens with zero attached hydrogens (tertiary/aromatic N) is 1. The molecule has 5 nitrogen and oxygen atoms in total. The summed E-state index contributed by atoms with van der Waals surface area (Å²) in [5, 5.41) is 2.82. The lowest BCUT2D eigenvalue weighted by Gasteiger charge is -2.39. The molecule has 0 aromatic rings. The molecule has 0 spiro atoms. The Labute approximate surface area is 121 Å². The minimum Gasteiger partial charge on any atom is -0.375 e. The number of carbonyl (C=O) groups excluding carboxylic acids is 2. The molecule has 114 valence electrons. The Kier molecular flexibility index (Phi) is 6.20. The van der Waals surface area contributed by atoms with E-state index in [1.807, 2.05) is 20.8 Å². The van der Waals surface area contributed by atoms with Gasteiger partial charge in [-0.15, -0.1) is 0 Å². The summed E-state index contributed by atoms with van der Waals surface area (Å²) in [6, 6.07) is -0.846. The highest BCUT2D eigenvalue weighted by Crippen LogP contribution is 2.17. The van der Waals surface area contributed by atoms with Gasteiger partial charge >= 0.3 is 0 Å². The predicted molar refractivity (Wildman–Crippen MR) is 78.2 cm³/mol. The van der Waals surface area contributed by atoms with Crippen LogP contribution in [0.4, 0.5) is 0 Å². The van der Waals surface area contributed by atoms with E-state index in [4.69, 9.17) is 4.74 Å². The average Bonchev–Trinajstić information content (AvgIpc) is 2.40. The lowest BCUT2D eigenvalue weighted by atomic mass is 9.94. The molecule has 0 bridgehead atoms. The molecule has 0 radical (unpaired) electrons. The van der Waals surface area contributed by atoms with Crippen LogP contribution in [0.15, 0.2) is 12.2 Å². The molecular weight excluding hydrogens is 256 g/mol. The van der Waals surface area contributed by atoms with Gasteiger partial charge in [0, 0.05) is 6.54 Å². The van der Waals surface area contributed by atoms with Gasteiger partial charge in [0.05, 0.1) is 13.2 Å². The van der Waals surface area contributed by atoms with Gasteiger partial charge in [-0.25, -0.2) is 0 Å². The standard InChI is InChI=1S/C15H26N2O3/c1-6-11(4)13-15(19)17(12(5)14(18)16-13)7-8-20-9-10(2)3/h11-13H,2,6-9H2,1,3-5H3,(H,16,18). The lowest BCUT2D eigenvalue weighted by molar-refractivity contribution is -0.150. The van der Waals surface area contributed by atoms with Crippen molar-refractivity contribution < 1.29 is 14.3 Å². The van der Waals surface area contributed by atoms with Gasteiger partial charge in [0.1, 0.15) is 12.1 Å². The van der Waals surface area contributed by atoms with Crippen molar-refractivity contribution in [3.63, 3.8) is 0 Å². The fraction of sp³-hybridized carbons (Fsp3) is 0.733. The monoisotopic (exact) mass is 282 g/mol. The van der Waals surface area contributed by atoms with Crippen LogP contribution in [-0.4, -0.2) is 48.6 Å². The number of carbonyl (C=O) groups is 2. The van der Waals surface area contributed by atoms with Gasteiger partial charge in [0.25, 0.3) is 0 Å². The summed E-state index contributed by atoms with van der Waals surface area (Å²) in [4.78, 5) is 26.0. The zero-order valence-corrected chi connectivity index (χ0v) is 12.9. The van der Waals surface area contributed by atoms with Gasteiger partial charge in [-0.05, 0) is 19.8 Å². The van der Waals surface area contributed by atoms with Crippen LogP contribution in [0.1, 0.15) is 34.1 Å². The van der Waals surface area contributed by atoms with Crippen molar-refractivity contribution in [3.05, 3.63) is 12.2 Å². The fourth-order valence-corrected chi connectivity index (χ4v) is 2.18. The van der Waals surface area contributed by atoms with Crippen molar-refractivity contribution in [2.24, 2.45) is 5.92 Å². The van der Waals surface area contributed by atoms with Crippen molar-refractivity contribution >= 4 is 11.8 Å². The maximum Gasteiger partial charge on any atom is 0.246 e. The van der Waals surface area contributed by atoms with Crippen molar-refractivity contribution in [2.45, 2.75) is 46.2 Å². The first-order valence-corrected chi connectivity index (χ1v) is 7.21. The van der Waals surface area contributed by atoms with Crippen molar-refractivity contribution in [2.75, 3.05) is 19.8 Å². The molecule has 1 heterocycles. The number of nitrogens with one attached hydrogen (secondary N) is 1. The van der Waals surface area contributed by atoms with E-state index < -0.39 is 12.1 Å². The summed E-state index contributed by atoms with van der Waals surface area (Å²) in [5.74, 6) is 0.0398. The summed E-state index contributed by atoms with van der Waals surface area (Å²) < 4.78 is 5.43. The normalized spacial score (nSPS) is 24.5. The molecule has 1 aliphatic heterocycles. The number of piperazine rings is 1. The van der Waals surface area contributed by atoms with Crippen LogP contribution in [0.25, 0.3) is 0 Å². The largest absolute Gasteiger partial charge is 0.375 e. The number of ether oxygens (including phenoxy) is 1. The second-order valence-corrected chi connectivity index (χ2v) is 5.59. The minimum atomic E-state index is -0.434. The van der Waals surface area contributed by atoms with E-state index in [1.54, 1.807) is 11.8 Å². The first kappa shape index (κ1) is 16.7. The lowest BCUT2D eigenvalue weighted by Crippen LogP contribution is -2.64. The Morgan fingerprint density at radius 3 is 2.70 bits per heavy atom. The molecule has 0 aromatic carbocycles. The van der Waals surface area contributed by atoms with Gasteiger partial charge in [0.15, 0.2) is 0 Å². The van der Waals surface area contributed by atoms with Crippen molar-refractivity contribution in [1.29, 1.82) is 0 Å². The van der Waals surface area contributed by atoms with Gasteiger partial charge in [-0.2, -0.15) is 0 Å². The highest BCUT2D eigenvalue weighted by atomic mass is 16.5. The van der Waals surface area contributed by atoms with Gasteiger partial charge < -0.3 is 15.0 Å². The summed E-state index contributed by atoms with van der Waals surface area (Å²) in [5.41, 5.74) is 0.943. The molecule has 0 aliphatic carbocycles. The molecule has 0 aromatic heterocycles. The van der Waals surface area contributed by atoms with E-state index in [-0.39, 0.29) is 17.7 Å². The minimum absolute atomic E-state index is 0.00891. The van der Waals surface area contributed by atoms with Crippen LogP contribution < -0.4 is 5.32 Å². The Bertz CT molecular complexity index is 381. The summed E-state index contributed by atoms with van der Waals surface area (Å²) in [6.45, 7) is 12.7.